The van der Waals surface area contributed by atoms with E-state index in [1.54, 1.807) is 11.8 Å². The molecular formula is C17H19F3N4O4S. The smallest absolute Gasteiger partial charge is 0.417 e. The van der Waals surface area contributed by atoms with Crippen molar-refractivity contribution in [3.8, 4) is 0 Å². The van der Waals surface area contributed by atoms with Crippen molar-refractivity contribution in [2.24, 2.45) is 0 Å². The zero-order chi connectivity index (χ0) is 21.6. The van der Waals surface area contributed by atoms with Crippen LogP contribution in [0.4, 0.5) is 13.2 Å². The molecule has 1 saturated heterocycles. The number of nitrogens with zero attached hydrogens (tertiary/aromatic N) is 2. The second-order valence-corrected chi connectivity index (χ2v) is 6.31. The van der Waals surface area contributed by atoms with E-state index < -0.39 is 35.1 Å². The number of nitrogens with one attached hydrogen (secondary N) is 2. The highest BCUT2D eigenvalue weighted by atomic mass is 32.1. The van der Waals surface area contributed by atoms with E-state index in [2.05, 4.69) is 15.6 Å². The quantitative estimate of drug-likeness (QED) is 0.311. The predicted octanol–water partition coefficient (Wildman–Crippen LogP) is 0.932. The lowest BCUT2D eigenvalue weighted by Crippen LogP contribution is -2.56. The van der Waals surface area contributed by atoms with Crippen LogP contribution in [0, 0.1) is 0 Å². The minimum absolute atomic E-state index is 0.0458. The molecule has 12 heteroatoms. The van der Waals surface area contributed by atoms with Gasteiger partial charge in [-0.25, -0.2) is 4.79 Å². The molecule has 0 radical (unpaired) electrons. The van der Waals surface area contributed by atoms with Crippen LogP contribution in [0.1, 0.15) is 22.8 Å². The molecule has 0 aliphatic carbocycles. The molecule has 1 fully saturated rings. The molecule has 1 aliphatic rings. The number of esters is 1. The Hall–Kier alpha value is -2.89. The number of carbonyl (C=O) groups excluding carboxylic acids is 3. The topological polar surface area (TPSA) is 91.0 Å². The predicted molar refractivity (Wildman–Crippen MR) is 99.4 cm³/mol. The van der Waals surface area contributed by atoms with E-state index in [0.29, 0.717) is 0 Å². The largest absolute Gasteiger partial charge is 0.459 e. The van der Waals surface area contributed by atoms with Gasteiger partial charge in [0, 0.05) is 26.2 Å². The van der Waals surface area contributed by atoms with Crippen LogP contribution in [0.2, 0.25) is 0 Å². The monoisotopic (exact) mass is 432 g/mol. The molecule has 1 heterocycles. The third kappa shape index (κ3) is 5.79. The van der Waals surface area contributed by atoms with E-state index in [1.165, 1.54) is 17.0 Å². The second kappa shape index (κ2) is 9.54. The molecule has 1 aromatic rings. The van der Waals surface area contributed by atoms with Crippen LogP contribution in [0.3, 0.4) is 0 Å². The molecule has 8 nitrogen and oxygen atoms in total. The highest BCUT2D eigenvalue weighted by molar-refractivity contribution is 7.80. The molecule has 2 amide bonds. The first-order valence-corrected chi connectivity index (χ1v) is 9.03. The summed E-state index contributed by atoms with van der Waals surface area (Å²) in [7, 11) is 0. The molecule has 0 atom stereocenters. The summed E-state index contributed by atoms with van der Waals surface area (Å²) in [6, 6.07) is 4.62. The summed E-state index contributed by atoms with van der Waals surface area (Å²) in [6.45, 7) is 2.35. The van der Waals surface area contributed by atoms with Gasteiger partial charge in [-0.05, 0) is 31.3 Å². The maximum absolute atomic E-state index is 13.1. The molecule has 2 N–H and O–H groups in total. The van der Waals surface area contributed by atoms with Crippen molar-refractivity contribution >= 4 is 35.1 Å². The Morgan fingerprint density at radius 2 is 1.66 bits per heavy atom. The summed E-state index contributed by atoms with van der Waals surface area (Å²) in [6.07, 6.45) is -4.63. The Labute approximate surface area is 169 Å². The highest BCUT2D eigenvalue weighted by Gasteiger charge is 2.36. The number of hydrazine groups is 1. The van der Waals surface area contributed by atoms with Gasteiger partial charge in [0.15, 0.2) is 5.11 Å². The van der Waals surface area contributed by atoms with Crippen LogP contribution in [-0.2, 0) is 20.5 Å². The number of rotatable bonds is 2. The van der Waals surface area contributed by atoms with Crippen molar-refractivity contribution in [1.82, 2.24) is 20.7 Å². The third-order valence-electron chi connectivity index (χ3n) is 4.06. The molecule has 1 aromatic carbocycles. The fraction of sp³-hybridized carbons (Fsp3) is 0.412. The van der Waals surface area contributed by atoms with Crippen LogP contribution in [0.15, 0.2) is 24.3 Å². The van der Waals surface area contributed by atoms with Gasteiger partial charge < -0.3 is 14.5 Å². The molecule has 0 bridgehead atoms. The first-order valence-electron chi connectivity index (χ1n) is 8.62. The Balaban J connectivity index is 1.91. The molecule has 0 saturated carbocycles. The summed E-state index contributed by atoms with van der Waals surface area (Å²) in [5.41, 5.74) is 3.11. The normalized spacial score (nSPS) is 14.2. The van der Waals surface area contributed by atoms with Crippen LogP contribution in [0.25, 0.3) is 0 Å². The number of ether oxygens (including phenoxy) is 1. The average molecular weight is 432 g/mol. The number of piperazine rings is 1. The van der Waals surface area contributed by atoms with Gasteiger partial charge in [-0.1, -0.05) is 12.1 Å². The zero-order valence-electron chi connectivity index (χ0n) is 15.4. The molecule has 1 aliphatic heterocycles. The molecule has 158 valence electrons. The van der Waals surface area contributed by atoms with Gasteiger partial charge in [-0.2, -0.15) is 13.2 Å². The number of carbonyl (C=O) groups is 3. The van der Waals surface area contributed by atoms with Gasteiger partial charge in [-0.15, -0.1) is 0 Å². The number of benzene rings is 1. The summed E-state index contributed by atoms with van der Waals surface area (Å²) >= 11 is 5.11. The van der Waals surface area contributed by atoms with E-state index in [9.17, 15) is 27.6 Å². The Bertz CT molecular complexity index is 795. The number of halogens is 3. The summed E-state index contributed by atoms with van der Waals surface area (Å²) < 4.78 is 43.9. The maximum Gasteiger partial charge on any atom is 0.417 e. The van der Waals surface area contributed by atoms with Crippen molar-refractivity contribution < 1.29 is 32.3 Å². The fourth-order valence-electron chi connectivity index (χ4n) is 2.64. The highest BCUT2D eigenvalue weighted by Crippen LogP contribution is 2.32. The lowest BCUT2D eigenvalue weighted by molar-refractivity contribution is -0.154. The fourth-order valence-corrected chi connectivity index (χ4v) is 2.87. The third-order valence-corrected chi connectivity index (χ3v) is 4.42. The summed E-state index contributed by atoms with van der Waals surface area (Å²) in [5.74, 6) is -2.81. The molecule has 0 spiro atoms. The summed E-state index contributed by atoms with van der Waals surface area (Å²) in [4.78, 5) is 38.2. The Kier molecular flexibility index (Phi) is 7.37. The Morgan fingerprint density at radius 3 is 2.24 bits per heavy atom. The zero-order valence-corrected chi connectivity index (χ0v) is 16.2. The lowest BCUT2D eigenvalue weighted by atomic mass is 10.1. The maximum atomic E-state index is 13.1. The van der Waals surface area contributed by atoms with Crippen LogP contribution < -0.4 is 10.9 Å². The number of hydrogen-bond donors (Lipinski definition) is 2. The van der Waals surface area contributed by atoms with Crippen molar-refractivity contribution in [1.29, 1.82) is 0 Å². The number of thiocarbonyl (C=S) groups is 1. The molecule has 2 rings (SSSR count). The summed E-state index contributed by atoms with van der Waals surface area (Å²) in [5, 5.41) is 0.102. The van der Waals surface area contributed by atoms with Crippen molar-refractivity contribution in [3.63, 3.8) is 0 Å². The van der Waals surface area contributed by atoms with Crippen molar-refractivity contribution in [2.75, 3.05) is 32.8 Å². The standard InChI is InChI=1S/C17H19F3N4O4S/c1-2-28-15(27)13(25)21-22-16(29)24-9-7-23(8-10-24)14(26)11-5-3-4-6-12(11)17(18,19)20/h3-6H,2,7-10H2,1H3,(H,21,25)(H,22,29). The van der Waals surface area contributed by atoms with Gasteiger partial charge in [0.25, 0.3) is 5.91 Å². The first kappa shape index (κ1) is 22.4. The number of hydrogen-bond acceptors (Lipinski definition) is 5. The molecular weight excluding hydrogens is 413 g/mol. The van der Waals surface area contributed by atoms with E-state index in [4.69, 9.17) is 12.2 Å². The minimum Gasteiger partial charge on any atom is -0.459 e. The molecule has 0 aromatic heterocycles. The minimum atomic E-state index is -4.63. The van der Waals surface area contributed by atoms with Gasteiger partial charge in [-0.3, -0.25) is 20.4 Å². The van der Waals surface area contributed by atoms with Crippen LogP contribution in [-0.4, -0.2) is 65.5 Å². The Morgan fingerprint density at radius 1 is 1.07 bits per heavy atom. The SMILES string of the molecule is CCOC(=O)C(=O)NNC(=S)N1CCN(C(=O)c2ccccc2C(F)(F)F)CC1. The lowest BCUT2D eigenvalue weighted by Gasteiger charge is -2.36. The van der Waals surface area contributed by atoms with Gasteiger partial charge in [0.1, 0.15) is 0 Å². The number of alkyl halides is 3. The van der Waals surface area contributed by atoms with Crippen molar-refractivity contribution in [2.45, 2.75) is 13.1 Å². The first-order chi connectivity index (χ1) is 13.6. The second-order valence-electron chi connectivity index (χ2n) is 5.93. The van der Waals surface area contributed by atoms with Gasteiger partial charge in [0.05, 0.1) is 17.7 Å². The van der Waals surface area contributed by atoms with Crippen LogP contribution >= 0.6 is 12.2 Å². The van der Waals surface area contributed by atoms with Crippen LogP contribution in [0.5, 0.6) is 0 Å². The average Bonchev–Trinajstić information content (AvgIpc) is 2.70. The van der Waals surface area contributed by atoms with E-state index in [0.717, 1.165) is 12.1 Å². The van der Waals surface area contributed by atoms with Crippen molar-refractivity contribution in [3.05, 3.63) is 35.4 Å². The van der Waals surface area contributed by atoms with Gasteiger partial charge in [0.2, 0.25) is 0 Å². The number of amides is 2. The molecule has 0 unspecified atom stereocenters. The molecule has 29 heavy (non-hydrogen) atoms. The van der Waals surface area contributed by atoms with E-state index in [-0.39, 0.29) is 37.9 Å². The van der Waals surface area contributed by atoms with E-state index in [1.807, 2.05) is 0 Å². The van der Waals surface area contributed by atoms with E-state index >= 15 is 0 Å². The van der Waals surface area contributed by atoms with Gasteiger partial charge >= 0.3 is 18.1 Å².